The van der Waals surface area contributed by atoms with Gasteiger partial charge < -0.3 is 11.1 Å². The summed E-state index contributed by atoms with van der Waals surface area (Å²) in [4.78, 5) is 12.0. The van der Waals surface area contributed by atoms with Crippen LogP contribution in [0.1, 0.15) is 36.8 Å². The van der Waals surface area contributed by atoms with E-state index in [2.05, 4.69) is 36.3 Å². The van der Waals surface area contributed by atoms with E-state index in [1.165, 1.54) is 5.56 Å². The first kappa shape index (κ1) is 14.0. The number of anilines is 2. The van der Waals surface area contributed by atoms with Crippen LogP contribution >= 0.6 is 0 Å². The van der Waals surface area contributed by atoms with Crippen LogP contribution in [0.15, 0.2) is 36.4 Å². The van der Waals surface area contributed by atoms with Crippen LogP contribution < -0.4 is 11.1 Å². The third-order valence-corrected chi connectivity index (χ3v) is 2.93. The lowest BCUT2D eigenvalue weighted by Gasteiger charge is -2.19. The second-order valence-corrected chi connectivity index (χ2v) is 5.62. The number of nitrogens with one attached hydrogen (secondary N) is 1. The summed E-state index contributed by atoms with van der Waals surface area (Å²) in [5.74, 6) is -0.0166. The molecule has 0 aliphatic carbocycles. The van der Waals surface area contributed by atoms with Crippen LogP contribution in [-0.2, 0) is 5.41 Å². The van der Waals surface area contributed by atoms with Crippen LogP contribution in [0.4, 0.5) is 11.5 Å². The Labute approximate surface area is 118 Å². The number of nitrogen functional groups attached to an aromatic ring is 1. The van der Waals surface area contributed by atoms with Crippen LogP contribution in [0, 0.1) is 0 Å². The Hall–Kier alpha value is -2.43. The number of carbonyl (C=O) groups excluding carboxylic acids is 1. The van der Waals surface area contributed by atoms with Crippen LogP contribution in [0.2, 0.25) is 0 Å². The van der Waals surface area contributed by atoms with Gasteiger partial charge in [0.25, 0.3) is 5.91 Å². The van der Waals surface area contributed by atoms with E-state index in [1.54, 1.807) is 12.1 Å². The van der Waals surface area contributed by atoms with E-state index in [-0.39, 0.29) is 22.8 Å². The van der Waals surface area contributed by atoms with Crippen molar-refractivity contribution < 1.29 is 4.79 Å². The number of carbonyl (C=O) groups is 1. The van der Waals surface area contributed by atoms with Crippen molar-refractivity contribution in [2.24, 2.45) is 0 Å². The van der Waals surface area contributed by atoms with Crippen LogP contribution in [0.5, 0.6) is 0 Å². The highest BCUT2D eigenvalue weighted by atomic mass is 16.1. The molecule has 0 aliphatic rings. The lowest BCUT2D eigenvalue weighted by Crippen LogP contribution is -2.15. The number of nitrogens with zero attached hydrogens (tertiary/aromatic N) is 2. The maximum atomic E-state index is 12.0. The lowest BCUT2D eigenvalue weighted by atomic mass is 9.87. The Balaban J connectivity index is 2.10. The van der Waals surface area contributed by atoms with Gasteiger partial charge >= 0.3 is 0 Å². The van der Waals surface area contributed by atoms with Gasteiger partial charge in [0.05, 0.1) is 0 Å². The van der Waals surface area contributed by atoms with Gasteiger partial charge in [-0.15, -0.1) is 10.2 Å². The standard InChI is InChI=1S/C15H18N4O/c1-15(2,3)10-4-6-11(7-5-10)17-14(20)12-8-9-13(16)19-18-12/h4-9H,1-3H3,(H2,16,19)(H,17,20). The van der Waals surface area contributed by atoms with Gasteiger partial charge in [-0.3, -0.25) is 4.79 Å². The quantitative estimate of drug-likeness (QED) is 0.879. The number of nitrogens with two attached hydrogens (primary N) is 1. The van der Waals surface area contributed by atoms with Gasteiger partial charge in [0.15, 0.2) is 5.69 Å². The highest BCUT2D eigenvalue weighted by Crippen LogP contribution is 2.23. The molecule has 0 spiro atoms. The van der Waals surface area contributed by atoms with Crippen LogP contribution in [0.25, 0.3) is 0 Å². The molecule has 0 saturated heterocycles. The molecule has 1 aromatic carbocycles. The molecule has 0 radical (unpaired) electrons. The van der Waals surface area contributed by atoms with Gasteiger partial charge in [0, 0.05) is 5.69 Å². The van der Waals surface area contributed by atoms with E-state index < -0.39 is 0 Å². The number of rotatable bonds is 2. The summed E-state index contributed by atoms with van der Waals surface area (Å²) in [5.41, 5.74) is 7.69. The van der Waals surface area contributed by atoms with Gasteiger partial charge in [-0.25, -0.2) is 0 Å². The Morgan fingerprint density at radius 3 is 2.20 bits per heavy atom. The van der Waals surface area contributed by atoms with Crippen molar-refractivity contribution in [2.45, 2.75) is 26.2 Å². The Kier molecular flexibility index (Phi) is 3.70. The lowest BCUT2D eigenvalue weighted by molar-refractivity contribution is 0.102. The number of aromatic nitrogens is 2. The summed E-state index contributed by atoms with van der Waals surface area (Å²) in [7, 11) is 0. The van der Waals surface area contributed by atoms with Crippen LogP contribution in [0.3, 0.4) is 0 Å². The predicted molar refractivity (Wildman–Crippen MR) is 79.5 cm³/mol. The first-order chi connectivity index (χ1) is 9.36. The van der Waals surface area contributed by atoms with Crippen LogP contribution in [-0.4, -0.2) is 16.1 Å². The van der Waals surface area contributed by atoms with E-state index in [0.29, 0.717) is 0 Å². The van der Waals surface area contributed by atoms with Crippen molar-refractivity contribution in [2.75, 3.05) is 11.1 Å². The highest BCUT2D eigenvalue weighted by Gasteiger charge is 2.13. The molecule has 5 nitrogen and oxygen atoms in total. The number of amides is 1. The molecule has 2 aromatic rings. The molecule has 20 heavy (non-hydrogen) atoms. The first-order valence-corrected chi connectivity index (χ1v) is 6.37. The minimum atomic E-state index is -0.305. The predicted octanol–water partition coefficient (Wildman–Crippen LogP) is 2.61. The van der Waals surface area contributed by atoms with Crippen molar-refractivity contribution in [1.29, 1.82) is 0 Å². The molecule has 5 heteroatoms. The molecule has 0 atom stereocenters. The largest absolute Gasteiger partial charge is 0.382 e. The Morgan fingerprint density at radius 1 is 1.05 bits per heavy atom. The van der Waals surface area contributed by atoms with E-state index in [1.807, 2.05) is 24.3 Å². The zero-order valence-corrected chi connectivity index (χ0v) is 11.8. The van der Waals surface area contributed by atoms with Crippen molar-refractivity contribution in [3.05, 3.63) is 47.7 Å². The minimum absolute atomic E-state index is 0.0883. The SMILES string of the molecule is CC(C)(C)c1ccc(NC(=O)c2ccc(N)nn2)cc1. The average Bonchev–Trinajstić information content (AvgIpc) is 2.39. The first-order valence-electron chi connectivity index (χ1n) is 6.37. The van der Waals surface area contributed by atoms with Crippen molar-refractivity contribution in [1.82, 2.24) is 10.2 Å². The minimum Gasteiger partial charge on any atom is -0.382 e. The molecule has 1 aromatic heterocycles. The fraction of sp³-hybridized carbons (Fsp3) is 0.267. The van der Waals surface area contributed by atoms with Gasteiger partial charge in [-0.1, -0.05) is 32.9 Å². The number of hydrogen-bond acceptors (Lipinski definition) is 4. The van der Waals surface area contributed by atoms with E-state index >= 15 is 0 Å². The normalized spacial score (nSPS) is 11.2. The summed E-state index contributed by atoms with van der Waals surface area (Å²) >= 11 is 0. The Morgan fingerprint density at radius 2 is 1.70 bits per heavy atom. The third-order valence-electron chi connectivity index (χ3n) is 2.93. The molecule has 0 aliphatic heterocycles. The molecular weight excluding hydrogens is 252 g/mol. The molecule has 3 N–H and O–H groups in total. The number of benzene rings is 1. The summed E-state index contributed by atoms with van der Waals surface area (Å²) < 4.78 is 0. The zero-order chi connectivity index (χ0) is 14.8. The molecule has 1 heterocycles. The molecular formula is C15H18N4O. The van der Waals surface area contributed by atoms with Gasteiger partial charge in [0.2, 0.25) is 0 Å². The molecule has 1 amide bonds. The van der Waals surface area contributed by atoms with Gasteiger partial charge in [-0.05, 0) is 35.2 Å². The summed E-state index contributed by atoms with van der Waals surface area (Å²) in [6, 6.07) is 10.9. The van der Waals surface area contributed by atoms with Crippen molar-refractivity contribution >= 4 is 17.4 Å². The van der Waals surface area contributed by atoms with Crippen molar-refractivity contribution in [3.8, 4) is 0 Å². The third kappa shape index (κ3) is 3.32. The second kappa shape index (κ2) is 5.28. The van der Waals surface area contributed by atoms with E-state index in [0.717, 1.165) is 5.69 Å². The molecule has 0 bridgehead atoms. The van der Waals surface area contributed by atoms with Gasteiger partial charge in [-0.2, -0.15) is 0 Å². The number of hydrogen-bond donors (Lipinski definition) is 2. The maximum absolute atomic E-state index is 12.0. The second-order valence-electron chi connectivity index (χ2n) is 5.62. The van der Waals surface area contributed by atoms with E-state index in [9.17, 15) is 4.79 Å². The average molecular weight is 270 g/mol. The molecule has 2 rings (SSSR count). The topological polar surface area (TPSA) is 80.9 Å². The fourth-order valence-electron chi connectivity index (χ4n) is 1.71. The molecule has 104 valence electrons. The van der Waals surface area contributed by atoms with Gasteiger partial charge in [0.1, 0.15) is 5.82 Å². The smallest absolute Gasteiger partial charge is 0.276 e. The molecule has 0 unspecified atom stereocenters. The Bertz CT molecular complexity index is 597. The molecule has 0 fully saturated rings. The highest BCUT2D eigenvalue weighted by molar-refractivity contribution is 6.02. The maximum Gasteiger partial charge on any atom is 0.276 e. The monoisotopic (exact) mass is 270 g/mol. The summed E-state index contributed by atoms with van der Waals surface area (Å²) in [6.07, 6.45) is 0. The zero-order valence-electron chi connectivity index (χ0n) is 11.8. The fourth-order valence-corrected chi connectivity index (χ4v) is 1.71. The summed E-state index contributed by atoms with van der Waals surface area (Å²) in [5, 5.41) is 10.2. The summed E-state index contributed by atoms with van der Waals surface area (Å²) in [6.45, 7) is 6.43. The molecule has 0 saturated carbocycles. The van der Waals surface area contributed by atoms with E-state index in [4.69, 9.17) is 5.73 Å². The van der Waals surface area contributed by atoms with Crippen molar-refractivity contribution in [3.63, 3.8) is 0 Å².